The number of hydrogen-bond donors (Lipinski definition) is 1. The highest BCUT2D eigenvalue weighted by molar-refractivity contribution is 6.33. The smallest absolute Gasteiger partial charge is 0.179 e. The van der Waals surface area contributed by atoms with Gasteiger partial charge < -0.3 is 19.5 Å². The molecular formula is C12H17Cl2NO3. The summed E-state index contributed by atoms with van der Waals surface area (Å²) in [5.74, 6) is 1.21. The van der Waals surface area contributed by atoms with E-state index in [1.807, 2.05) is 12.1 Å². The van der Waals surface area contributed by atoms with Crippen molar-refractivity contribution >= 4 is 24.0 Å². The first-order valence-corrected chi connectivity index (χ1v) is 5.87. The predicted molar refractivity (Wildman–Crippen MR) is 73.4 cm³/mol. The highest BCUT2D eigenvalue weighted by Gasteiger charge is 2.21. The average Bonchev–Trinajstić information content (AvgIpc) is 2.39. The van der Waals surface area contributed by atoms with Crippen LogP contribution in [0.5, 0.6) is 11.5 Å². The molecule has 4 nitrogen and oxygen atoms in total. The SMILES string of the molecule is COc1ccc([C@@H]2COCCN2)c(Cl)c1OC.Cl. The molecule has 6 heteroatoms. The van der Waals surface area contributed by atoms with Gasteiger partial charge in [-0.3, -0.25) is 0 Å². The first-order valence-electron chi connectivity index (χ1n) is 5.49. The molecule has 0 amide bonds. The van der Waals surface area contributed by atoms with Crippen LogP contribution >= 0.6 is 24.0 Å². The largest absolute Gasteiger partial charge is 0.493 e. The van der Waals surface area contributed by atoms with Gasteiger partial charge in [0.1, 0.15) is 0 Å². The summed E-state index contributed by atoms with van der Waals surface area (Å²) >= 11 is 6.33. The molecule has 1 aromatic carbocycles. The summed E-state index contributed by atoms with van der Waals surface area (Å²) in [7, 11) is 3.17. The second kappa shape index (κ2) is 7.04. The molecule has 1 aliphatic rings. The number of benzene rings is 1. The lowest BCUT2D eigenvalue weighted by atomic mass is 10.1. The molecule has 0 aliphatic carbocycles. The normalized spacial score (nSPS) is 18.9. The summed E-state index contributed by atoms with van der Waals surface area (Å²) < 4.78 is 15.9. The van der Waals surface area contributed by atoms with E-state index in [1.54, 1.807) is 14.2 Å². The number of morpholine rings is 1. The standard InChI is InChI=1S/C12H16ClNO3.ClH/c1-15-10-4-3-8(11(13)12(10)16-2)9-7-17-6-5-14-9;/h3-4,9,14H,5-7H2,1-2H3;1H/t9-;/m0./s1. The monoisotopic (exact) mass is 293 g/mol. The van der Waals surface area contributed by atoms with Crippen molar-refractivity contribution in [3.63, 3.8) is 0 Å². The maximum absolute atomic E-state index is 6.33. The summed E-state index contributed by atoms with van der Waals surface area (Å²) in [6, 6.07) is 3.91. The lowest BCUT2D eigenvalue weighted by Gasteiger charge is -2.25. The Labute approximate surface area is 118 Å². The minimum atomic E-state index is 0. The lowest BCUT2D eigenvalue weighted by Crippen LogP contribution is -2.34. The second-order valence-corrected chi connectivity index (χ2v) is 4.16. The van der Waals surface area contributed by atoms with Crippen LogP contribution in [0.3, 0.4) is 0 Å². The van der Waals surface area contributed by atoms with Gasteiger partial charge in [0.15, 0.2) is 11.5 Å². The van der Waals surface area contributed by atoms with Gasteiger partial charge in [-0.2, -0.15) is 0 Å². The van der Waals surface area contributed by atoms with Crippen LogP contribution in [0.1, 0.15) is 11.6 Å². The fraction of sp³-hybridized carbons (Fsp3) is 0.500. The molecule has 0 spiro atoms. The molecule has 1 heterocycles. The quantitative estimate of drug-likeness (QED) is 0.929. The minimum absolute atomic E-state index is 0. The van der Waals surface area contributed by atoms with Crippen LogP contribution in [-0.2, 0) is 4.74 Å². The third-order valence-electron chi connectivity index (χ3n) is 2.81. The maximum atomic E-state index is 6.33. The first kappa shape index (κ1) is 15.4. The Balaban J connectivity index is 0.00000162. The molecule has 18 heavy (non-hydrogen) atoms. The summed E-state index contributed by atoms with van der Waals surface area (Å²) in [4.78, 5) is 0. The number of nitrogens with one attached hydrogen (secondary N) is 1. The number of rotatable bonds is 3. The highest BCUT2D eigenvalue weighted by atomic mass is 35.5. The van der Waals surface area contributed by atoms with Crippen molar-refractivity contribution in [1.29, 1.82) is 0 Å². The van der Waals surface area contributed by atoms with Gasteiger partial charge >= 0.3 is 0 Å². The van der Waals surface area contributed by atoms with Crippen molar-refractivity contribution in [2.75, 3.05) is 34.0 Å². The third kappa shape index (κ3) is 3.01. The Hall–Kier alpha value is -0.680. The molecule has 102 valence electrons. The van der Waals surface area contributed by atoms with Gasteiger partial charge in [0.05, 0.1) is 38.5 Å². The predicted octanol–water partition coefficient (Wildman–Crippen LogP) is 2.44. The number of halogens is 2. The van der Waals surface area contributed by atoms with Gasteiger partial charge in [-0.05, 0) is 11.6 Å². The van der Waals surface area contributed by atoms with Crippen molar-refractivity contribution in [1.82, 2.24) is 5.32 Å². The van der Waals surface area contributed by atoms with Gasteiger partial charge in [-0.15, -0.1) is 12.4 Å². The van der Waals surface area contributed by atoms with Gasteiger partial charge in [-0.1, -0.05) is 17.7 Å². The minimum Gasteiger partial charge on any atom is -0.493 e. The number of hydrogen-bond acceptors (Lipinski definition) is 4. The third-order valence-corrected chi connectivity index (χ3v) is 3.20. The average molecular weight is 294 g/mol. The van der Waals surface area contributed by atoms with Crippen molar-refractivity contribution in [2.24, 2.45) is 0 Å². The van der Waals surface area contributed by atoms with Gasteiger partial charge in [0.25, 0.3) is 0 Å². The summed E-state index contributed by atoms with van der Waals surface area (Å²) in [5, 5.41) is 3.94. The molecule has 0 unspecified atom stereocenters. The fourth-order valence-corrected chi connectivity index (χ4v) is 2.30. The van der Waals surface area contributed by atoms with E-state index in [0.29, 0.717) is 23.1 Å². The van der Waals surface area contributed by atoms with Gasteiger partial charge in [-0.25, -0.2) is 0 Å². The van der Waals surface area contributed by atoms with Crippen LogP contribution in [0.2, 0.25) is 5.02 Å². The Morgan fingerprint density at radius 1 is 1.33 bits per heavy atom. The Morgan fingerprint density at radius 3 is 2.67 bits per heavy atom. The lowest BCUT2D eigenvalue weighted by molar-refractivity contribution is 0.0768. The van der Waals surface area contributed by atoms with E-state index in [1.165, 1.54) is 0 Å². The number of ether oxygens (including phenoxy) is 3. The number of methoxy groups -OCH3 is 2. The molecule has 0 aromatic heterocycles. The molecule has 2 rings (SSSR count). The van der Waals surface area contributed by atoms with Crippen molar-refractivity contribution < 1.29 is 14.2 Å². The first-order chi connectivity index (χ1) is 8.27. The van der Waals surface area contributed by atoms with Crippen LogP contribution in [0.4, 0.5) is 0 Å². The van der Waals surface area contributed by atoms with Gasteiger partial charge in [0.2, 0.25) is 0 Å². The molecular weight excluding hydrogens is 277 g/mol. The highest BCUT2D eigenvalue weighted by Crippen LogP contribution is 2.39. The van der Waals surface area contributed by atoms with Crippen molar-refractivity contribution in [3.8, 4) is 11.5 Å². The van der Waals surface area contributed by atoms with E-state index >= 15 is 0 Å². The van der Waals surface area contributed by atoms with E-state index in [2.05, 4.69) is 5.32 Å². The maximum Gasteiger partial charge on any atom is 0.179 e. The molecule has 1 fully saturated rings. The summed E-state index contributed by atoms with van der Waals surface area (Å²) in [6.07, 6.45) is 0. The van der Waals surface area contributed by atoms with E-state index in [4.69, 9.17) is 25.8 Å². The molecule has 1 atom stereocenters. The molecule has 1 saturated heterocycles. The van der Waals surface area contributed by atoms with Gasteiger partial charge in [0, 0.05) is 6.54 Å². The molecule has 0 radical (unpaired) electrons. The molecule has 1 aliphatic heterocycles. The zero-order valence-electron chi connectivity index (χ0n) is 10.4. The van der Waals surface area contributed by atoms with E-state index in [0.717, 1.165) is 18.7 Å². The Morgan fingerprint density at radius 2 is 2.11 bits per heavy atom. The molecule has 1 aromatic rings. The zero-order valence-corrected chi connectivity index (χ0v) is 11.9. The molecule has 1 N–H and O–H groups in total. The Bertz CT molecular complexity index is 395. The van der Waals surface area contributed by atoms with Crippen LogP contribution in [0.25, 0.3) is 0 Å². The van der Waals surface area contributed by atoms with Crippen molar-refractivity contribution in [3.05, 3.63) is 22.7 Å². The second-order valence-electron chi connectivity index (χ2n) is 3.79. The van der Waals surface area contributed by atoms with E-state index < -0.39 is 0 Å². The topological polar surface area (TPSA) is 39.7 Å². The van der Waals surface area contributed by atoms with Crippen LogP contribution in [0.15, 0.2) is 12.1 Å². The van der Waals surface area contributed by atoms with Crippen LogP contribution in [-0.4, -0.2) is 34.0 Å². The molecule has 0 bridgehead atoms. The zero-order chi connectivity index (χ0) is 12.3. The summed E-state index contributed by atoms with van der Waals surface area (Å²) in [5.41, 5.74) is 0.976. The van der Waals surface area contributed by atoms with Crippen LogP contribution < -0.4 is 14.8 Å². The van der Waals surface area contributed by atoms with E-state index in [-0.39, 0.29) is 18.4 Å². The molecule has 0 saturated carbocycles. The van der Waals surface area contributed by atoms with E-state index in [9.17, 15) is 0 Å². The Kier molecular flexibility index (Phi) is 6.02. The summed E-state index contributed by atoms with van der Waals surface area (Å²) in [6.45, 7) is 2.19. The van der Waals surface area contributed by atoms with Crippen molar-refractivity contribution in [2.45, 2.75) is 6.04 Å². The van der Waals surface area contributed by atoms with Crippen LogP contribution in [0, 0.1) is 0 Å². The fourth-order valence-electron chi connectivity index (χ4n) is 1.94.